The van der Waals surface area contributed by atoms with Gasteiger partial charge in [-0.15, -0.1) is 0 Å². The van der Waals surface area contributed by atoms with Crippen molar-refractivity contribution in [2.24, 2.45) is 0 Å². The maximum Gasteiger partial charge on any atom is 0.262 e. The van der Waals surface area contributed by atoms with Crippen LogP contribution in [0.4, 0.5) is 11.4 Å². The van der Waals surface area contributed by atoms with Gasteiger partial charge in [-0.3, -0.25) is 9.52 Å². The van der Waals surface area contributed by atoms with Gasteiger partial charge in [0.1, 0.15) is 0 Å². The van der Waals surface area contributed by atoms with Crippen LogP contribution in [0.5, 0.6) is 0 Å². The highest BCUT2D eigenvalue weighted by Gasteiger charge is 2.19. The highest BCUT2D eigenvalue weighted by Crippen LogP contribution is 2.27. The molecule has 0 aliphatic rings. The molecule has 0 spiro atoms. The Balaban J connectivity index is 1.82. The van der Waals surface area contributed by atoms with Crippen LogP contribution in [0.25, 0.3) is 0 Å². The number of amides is 1. The molecule has 0 aromatic heterocycles. The van der Waals surface area contributed by atoms with Crippen LogP contribution in [0.15, 0.2) is 71.6 Å². The van der Waals surface area contributed by atoms with E-state index in [1.807, 2.05) is 18.4 Å². The molecule has 3 rings (SSSR count). The summed E-state index contributed by atoms with van der Waals surface area (Å²) < 4.78 is 28.3. The zero-order valence-electron chi connectivity index (χ0n) is 16.5. The fourth-order valence-corrected chi connectivity index (χ4v) is 4.95. The summed E-state index contributed by atoms with van der Waals surface area (Å²) in [6.45, 7) is 1.69. The lowest BCUT2D eigenvalue weighted by Gasteiger charge is -2.13. The van der Waals surface area contributed by atoms with Gasteiger partial charge in [0.15, 0.2) is 0 Å². The van der Waals surface area contributed by atoms with Crippen molar-refractivity contribution >= 4 is 50.7 Å². The Kier molecular flexibility index (Phi) is 7.07. The number of nitrogens with one attached hydrogen (secondary N) is 2. The predicted molar refractivity (Wildman–Crippen MR) is 125 cm³/mol. The SMILES string of the molecule is CSCc1ccc(C(=O)Nc2ccc(C)c(S(=O)(=O)Nc3ccccc3Cl)c2)cc1. The van der Waals surface area contributed by atoms with E-state index in [0.29, 0.717) is 27.5 Å². The minimum Gasteiger partial charge on any atom is -0.322 e. The van der Waals surface area contributed by atoms with Gasteiger partial charge in [-0.2, -0.15) is 11.8 Å². The van der Waals surface area contributed by atoms with Crippen molar-refractivity contribution in [3.05, 3.63) is 88.4 Å². The molecule has 8 heteroatoms. The number of halogens is 1. The number of anilines is 2. The summed E-state index contributed by atoms with van der Waals surface area (Å²) in [4.78, 5) is 12.6. The molecule has 0 radical (unpaired) electrons. The first kappa shape index (κ1) is 22.2. The smallest absolute Gasteiger partial charge is 0.262 e. The summed E-state index contributed by atoms with van der Waals surface area (Å²) in [6.07, 6.45) is 2.02. The number of carbonyl (C=O) groups excluding carboxylic acids is 1. The molecule has 0 aliphatic heterocycles. The van der Waals surface area contributed by atoms with E-state index in [2.05, 4.69) is 10.0 Å². The van der Waals surface area contributed by atoms with Crippen molar-refractivity contribution in [3.63, 3.8) is 0 Å². The molecule has 1 amide bonds. The Hall–Kier alpha value is -2.48. The summed E-state index contributed by atoms with van der Waals surface area (Å²) in [5, 5.41) is 3.06. The minimum absolute atomic E-state index is 0.0653. The predicted octanol–water partition coefficient (Wildman–Crippen LogP) is 5.56. The van der Waals surface area contributed by atoms with Crippen molar-refractivity contribution < 1.29 is 13.2 Å². The lowest BCUT2D eigenvalue weighted by Crippen LogP contribution is -2.16. The lowest BCUT2D eigenvalue weighted by atomic mass is 10.1. The Bertz CT molecular complexity index is 1160. The molecular weight excluding hydrogens is 440 g/mol. The maximum absolute atomic E-state index is 12.9. The van der Waals surface area contributed by atoms with Crippen LogP contribution >= 0.6 is 23.4 Å². The van der Waals surface area contributed by atoms with E-state index in [0.717, 1.165) is 11.3 Å². The molecule has 156 valence electrons. The van der Waals surface area contributed by atoms with Crippen molar-refractivity contribution in [1.29, 1.82) is 0 Å². The highest BCUT2D eigenvalue weighted by molar-refractivity contribution is 7.97. The Morgan fingerprint density at radius 2 is 1.73 bits per heavy atom. The molecule has 0 saturated heterocycles. The molecule has 0 atom stereocenters. The van der Waals surface area contributed by atoms with Gasteiger partial charge in [0.05, 0.1) is 15.6 Å². The molecule has 0 saturated carbocycles. The number of aryl methyl sites for hydroxylation is 1. The highest BCUT2D eigenvalue weighted by atomic mass is 35.5. The molecule has 0 aliphatic carbocycles. The molecule has 0 heterocycles. The van der Waals surface area contributed by atoms with Gasteiger partial charge in [0.2, 0.25) is 0 Å². The lowest BCUT2D eigenvalue weighted by molar-refractivity contribution is 0.102. The normalized spacial score (nSPS) is 11.2. The first-order valence-corrected chi connectivity index (χ1v) is 12.3. The second-order valence-corrected chi connectivity index (χ2v) is 9.57. The first-order valence-electron chi connectivity index (χ1n) is 9.07. The van der Waals surface area contributed by atoms with Crippen LogP contribution < -0.4 is 10.0 Å². The van der Waals surface area contributed by atoms with Gasteiger partial charge in [0.25, 0.3) is 15.9 Å². The summed E-state index contributed by atoms with van der Waals surface area (Å²) in [5.74, 6) is 0.566. The summed E-state index contributed by atoms with van der Waals surface area (Å²) in [6, 6.07) is 18.7. The Morgan fingerprint density at radius 1 is 1.03 bits per heavy atom. The van der Waals surface area contributed by atoms with Crippen molar-refractivity contribution in [1.82, 2.24) is 0 Å². The van der Waals surface area contributed by atoms with Gasteiger partial charge in [-0.1, -0.05) is 41.9 Å². The average Bonchev–Trinajstić information content (AvgIpc) is 2.71. The Labute approximate surface area is 185 Å². The molecule has 3 aromatic carbocycles. The monoisotopic (exact) mass is 460 g/mol. The summed E-state index contributed by atoms with van der Waals surface area (Å²) in [5.41, 5.74) is 2.86. The molecule has 2 N–H and O–H groups in total. The van der Waals surface area contributed by atoms with Gasteiger partial charge >= 0.3 is 0 Å². The van der Waals surface area contributed by atoms with E-state index < -0.39 is 10.0 Å². The van der Waals surface area contributed by atoms with Gasteiger partial charge in [-0.05, 0) is 60.7 Å². The van der Waals surface area contributed by atoms with Gasteiger partial charge in [-0.25, -0.2) is 8.42 Å². The van der Waals surface area contributed by atoms with E-state index in [1.165, 1.54) is 6.07 Å². The average molecular weight is 461 g/mol. The fourth-order valence-electron chi connectivity index (χ4n) is 2.83. The number of thioether (sulfide) groups is 1. The van der Waals surface area contributed by atoms with Crippen molar-refractivity contribution in [2.75, 3.05) is 16.3 Å². The van der Waals surface area contributed by atoms with Crippen LogP contribution in [-0.4, -0.2) is 20.6 Å². The second-order valence-electron chi connectivity index (χ2n) is 6.65. The van der Waals surface area contributed by atoms with Crippen LogP contribution in [-0.2, 0) is 15.8 Å². The number of carbonyl (C=O) groups is 1. The quantitative estimate of drug-likeness (QED) is 0.483. The number of hydrogen-bond donors (Lipinski definition) is 2. The maximum atomic E-state index is 12.9. The molecule has 5 nitrogen and oxygen atoms in total. The van der Waals surface area contributed by atoms with Crippen molar-refractivity contribution in [2.45, 2.75) is 17.6 Å². The van der Waals surface area contributed by atoms with E-state index in [9.17, 15) is 13.2 Å². The zero-order chi connectivity index (χ0) is 21.7. The molecule has 0 bridgehead atoms. The largest absolute Gasteiger partial charge is 0.322 e. The van der Waals surface area contributed by atoms with Gasteiger partial charge in [0, 0.05) is 17.0 Å². The second kappa shape index (κ2) is 9.55. The fraction of sp³-hybridized carbons (Fsp3) is 0.136. The first-order chi connectivity index (χ1) is 14.3. The van der Waals surface area contributed by atoms with E-state index in [-0.39, 0.29) is 10.8 Å². The zero-order valence-corrected chi connectivity index (χ0v) is 18.9. The number of hydrogen-bond acceptors (Lipinski definition) is 4. The number of benzene rings is 3. The van der Waals surface area contributed by atoms with Crippen LogP contribution in [0.2, 0.25) is 5.02 Å². The Morgan fingerprint density at radius 3 is 2.40 bits per heavy atom. The third-order valence-corrected chi connectivity index (χ3v) is 6.84. The van der Waals surface area contributed by atoms with Crippen molar-refractivity contribution in [3.8, 4) is 0 Å². The molecule has 0 fully saturated rings. The standard InChI is InChI=1S/C22H21ClN2O3S2/c1-15-7-12-18(24-22(26)17-10-8-16(9-11-17)14-29-2)13-21(15)30(27,28)25-20-6-4-3-5-19(20)23/h3-13,25H,14H2,1-2H3,(H,24,26). The third kappa shape index (κ3) is 5.36. The molecule has 0 unspecified atom stereocenters. The van der Waals surface area contributed by atoms with Crippen LogP contribution in [0.1, 0.15) is 21.5 Å². The topological polar surface area (TPSA) is 75.3 Å². The molecular formula is C22H21ClN2O3S2. The van der Waals surface area contributed by atoms with E-state index in [1.54, 1.807) is 67.2 Å². The third-order valence-electron chi connectivity index (χ3n) is 4.38. The van der Waals surface area contributed by atoms with Crippen LogP contribution in [0.3, 0.4) is 0 Å². The van der Waals surface area contributed by atoms with E-state index in [4.69, 9.17) is 11.6 Å². The number of sulfonamides is 1. The molecule has 3 aromatic rings. The molecule has 30 heavy (non-hydrogen) atoms. The summed E-state index contributed by atoms with van der Waals surface area (Å²) >= 11 is 7.78. The number of para-hydroxylation sites is 1. The summed E-state index contributed by atoms with van der Waals surface area (Å²) in [7, 11) is -3.89. The number of rotatable bonds is 7. The van der Waals surface area contributed by atoms with E-state index >= 15 is 0 Å². The van der Waals surface area contributed by atoms with Crippen LogP contribution in [0, 0.1) is 6.92 Å². The van der Waals surface area contributed by atoms with Gasteiger partial charge < -0.3 is 5.32 Å². The minimum atomic E-state index is -3.89.